The van der Waals surface area contributed by atoms with E-state index in [4.69, 9.17) is 11.5 Å². The van der Waals surface area contributed by atoms with Crippen molar-refractivity contribution in [1.82, 2.24) is 0 Å². The zero-order chi connectivity index (χ0) is 48.0. The monoisotopic (exact) mass is 889 g/mol. The molecule has 0 saturated carbocycles. The first kappa shape index (κ1) is 51.1. The summed E-state index contributed by atoms with van der Waals surface area (Å²) in [6, 6.07) is 14.7. The van der Waals surface area contributed by atoms with Crippen LogP contribution in [0.2, 0.25) is 22.2 Å². The maximum Gasteiger partial charge on any atom is 0.169 e. The van der Waals surface area contributed by atoms with Crippen molar-refractivity contribution < 1.29 is 0 Å². The molecule has 0 bridgehead atoms. The highest BCUT2D eigenvalue weighted by Gasteiger charge is 2.41. The van der Waals surface area contributed by atoms with Crippen molar-refractivity contribution in [3.63, 3.8) is 0 Å². The lowest BCUT2D eigenvalue weighted by Crippen LogP contribution is -2.41. The van der Waals surface area contributed by atoms with E-state index in [-0.39, 0.29) is 11.1 Å². The van der Waals surface area contributed by atoms with Gasteiger partial charge >= 0.3 is 0 Å². The third kappa shape index (κ3) is 8.87. The molecular formula is C60H84N2Si2. The summed E-state index contributed by atoms with van der Waals surface area (Å²) in [6.07, 6.45) is 5.31. The molecule has 5 aromatic carbocycles. The van der Waals surface area contributed by atoms with Crippen LogP contribution in [0, 0.1) is 50.6 Å². The predicted molar refractivity (Wildman–Crippen MR) is 293 cm³/mol. The minimum atomic E-state index is -2.33. The quantitative estimate of drug-likeness (QED) is 0.0663. The molecule has 0 aliphatic heterocycles. The summed E-state index contributed by atoms with van der Waals surface area (Å²) in [4.78, 5) is 0. The van der Waals surface area contributed by atoms with Gasteiger partial charge in [0.2, 0.25) is 0 Å². The smallest absolute Gasteiger partial charge is 0.169 e. The molecule has 0 spiro atoms. The number of fused-ring (bicyclic) bond motifs is 4. The van der Waals surface area contributed by atoms with Crippen molar-refractivity contribution in [1.29, 1.82) is 0 Å². The SMILES string of the molecule is C=C(C)[Si](C#Cc1c2cc3cc(C)c(C)c(CC(N)(CC)CC)c3cc2c(C#C[Si](C(=C)C)(C(C)C)C(C)C)c2cc3cc(C)c(C)c(CC(N)(CC)CC)c3cc12)(C(C)C)C(C)C. The number of hydrogen-bond donors (Lipinski definition) is 2. The molecular weight excluding hydrogens is 805 g/mol. The van der Waals surface area contributed by atoms with Gasteiger partial charge in [0.1, 0.15) is 0 Å². The Morgan fingerprint density at radius 3 is 1.03 bits per heavy atom. The standard InChI is InChI=1S/C60H84N2Si2/c1-21-59(61,22-2)35-57-45(19)43(17)29-47-31-53-50(26-28-64(40(11)12,41(13)14)42(15)16)56-34-52-48(30-44(18)46(20)58(52)36-60(62,23-3)24-4)32-54(56)49(55(53)33-51(47)57)25-27-63(37(5)6,38(7)8)39(9)10/h29-34,38-39,41-42H,5,11,21-24,35-36,61-62H2,1-4,6-10,12-20H3. The lowest BCUT2D eigenvalue weighted by atomic mass is 9.80. The molecule has 0 aromatic heterocycles. The van der Waals surface area contributed by atoms with Gasteiger partial charge in [0.05, 0.1) is 0 Å². The maximum absolute atomic E-state index is 7.20. The van der Waals surface area contributed by atoms with Crippen molar-refractivity contribution in [3.05, 3.63) is 104 Å². The lowest BCUT2D eigenvalue weighted by Gasteiger charge is -2.35. The zero-order valence-corrected chi connectivity index (χ0v) is 45.6. The molecule has 0 radical (unpaired) electrons. The van der Waals surface area contributed by atoms with E-state index in [1.165, 1.54) is 86.9 Å². The Balaban J connectivity index is 2.21. The lowest BCUT2D eigenvalue weighted by molar-refractivity contribution is 0.393. The largest absolute Gasteiger partial charge is 0.325 e. The van der Waals surface area contributed by atoms with Crippen LogP contribution in [0.5, 0.6) is 0 Å². The predicted octanol–water partition coefficient (Wildman–Crippen LogP) is 16.2. The van der Waals surface area contributed by atoms with Crippen molar-refractivity contribution in [2.24, 2.45) is 11.5 Å². The molecule has 0 amide bonds. The van der Waals surface area contributed by atoms with Gasteiger partial charge in [-0.2, -0.15) is 0 Å². The van der Waals surface area contributed by atoms with Gasteiger partial charge in [-0.3, -0.25) is 0 Å². The Kier molecular flexibility index (Phi) is 15.3. The van der Waals surface area contributed by atoms with Gasteiger partial charge in [-0.25, -0.2) is 0 Å². The molecule has 342 valence electrons. The summed E-state index contributed by atoms with van der Waals surface area (Å²) < 4.78 is 0. The molecule has 0 fully saturated rings. The Labute approximate surface area is 392 Å². The number of rotatable bonds is 14. The van der Waals surface area contributed by atoms with Crippen LogP contribution in [0.25, 0.3) is 43.1 Å². The van der Waals surface area contributed by atoms with Gasteiger partial charge in [-0.05, 0) is 203 Å². The minimum Gasteiger partial charge on any atom is -0.325 e. The van der Waals surface area contributed by atoms with E-state index in [1.807, 2.05) is 0 Å². The first-order chi connectivity index (χ1) is 29.8. The number of aryl methyl sites for hydroxylation is 2. The molecule has 5 rings (SSSR count). The summed E-state index contributed by atoms with van der Waals surface area (Å²) >= 11 is 0. The number of benzene rings is 5. The third-order valence-corrected chi connectivity index (χ3v) is 27.8. The molecule has 64 heavy (non-hydrogen) atoms. The van der Waals surface area contributed by atoms with Gasteiger partial charge < -0.3 is 11.5 Å². The molecule has 2 nitrogen and oxygen atoms in total. The second-order valence-corrected chi connectivity index (χ2v) is 31.8. The molecule has 0 heterocycles. The van der Waals surface area contributed by atoms with Crippen LogP contribution in [0.15, 0.2) is 59.9 Å². The highest BCUT2D eigenvalue weighted by molar-refractivity contribution is 6.96. The highest BCUT2D eigenvalue weighted by atomic mass is 28.3. The van der Waals surface area contributed by atoms with E-state index < -0.39 is 16.1 Å². The second-order valence-electron chi connectivity index (χ2n) is 21.5. The first-order valence-electron chi connectivity index (χ1n) is 24.7. The Hall–Kier alpha value is -3.91. The molecule has 0 aliphatic rings. The molecule has 0 unspecified atom stereocenters. The van der Waals surface area contributed by atoms with Crippen molar-refractivity contribution >= 4 is 59.2 Å². The Bertz CT molecular complexity index is 2560. The van der Waals surface area contributed by atoms with E-state index in [1.54, 1.807) is 0 Å². The topological polar surface area (TPSA) is 52.0 Å². The summed E-state index contributed by atoms with van der Waals surface area (Å²) in [5.74, 6) is 8.13. The Morgan fingerprint density at radius 1 is 0.500 bits per heavy atom. The fraction of sp³-hybridized carbons (Fsp3) is 0.500. The van der Waals surface area contributed by atoms with Crippen LogP contribution in [-0.2, 0) is 12.8 Å². The molecule has 0 saturated heterocycles. The van der Waals surface area contributed by atoms with E-state index in [9.17, 15) is 0 Å². The Morgan fingerprint density at radius 2 is 0.781 bits per heavy atom. The van der Waals surface area contributed by atoms with Gasteiger partial charge in [-0.15, -0.1) is 24.2 Å². The normalized spacial score (nSPS) is 12.9. The van der Waals surface area contributed by atoms with Gasteiger partial charge in [0, 0.05) is 22.2 Å². The average Bonchev–Trinajstić information content (AvgIpc) is 3.23. The van der Waals surface area contributed by atoms with Gasteiger partial charge in [-0.1, -0.05) is 117 Å². The summed E-state index contributed by atoms with van der Waals surface area (Å²) in [5, 5.41) is 12.2. The summed E-state index contributed by atoms with van der Waals surface area (Å²) in [5.41, 5.74) is 33.9. The second kappa shape index (κ2) is 19.1. The molecule has 4 heteroatoms. The summed E-state index contributed by atoms with van der Waals surface area (Å²) in [7, 11) is -4.66. The van der Waals surface area contributed by atoms with Crippen LogP contribution >= 0.6 is 0 Å². The van der Waals surface area contributed by atoms with Crippen LogP contribution in [0.1, 0.15) is 167 Å². The van der Waals surface area contributed by atoms with Crippen molar-refractivity contribution in [2.75, 3.05) is 0 Å². The molecule has 0 aliphatic carbocycles. The van der Waals surface area contributed by atoms with E-state index >= 15 is 0 Å². The van der Waals surface area contributed by atoms with E-state index in [0.29, 0.717) is 22.2 Å². The van der Waals surface area contributed by atoms with Crippen LogP contribution in [0.4, 0.5) is 0 Å². The minimum absolute atomic E-state index is 0.294. The summed E-state index contributed by atoms with van der Waals surface area (Å²) in [6.45, 7) is 50.7. The van der Waals surface area contributed by atoms with E-state index in [0.717, 1.165) is 49.7 Å². The van der Waals surface area contributed by atoms with Crippen molar-refractivity contribution in [3.8, 4) is 22.9 Å². The fourth-order valence-corrected chi connectivity index (χ4v) is 20.4. The third-order valence-electron chi connectivity index (χ3n) is 16.7. The van der Waals surface area contributed by atoms with Gasteiger partial charge in [0.25, 0.3) is 0 Å². The molecule has 0 atom stereocenters. The molecule has 4 N–H and O–H groups in total. The van der Waals surface area contributed by atoms with E-state index in [2.05, 4.69) is 197 Å². The van der Waals surface area contributed by atoms with Gasteiger partial charge in [0.15, 0.2) is 16.1 Å². The number of nitrogens with two attached hydrogens (primary N) is 2. The average molecular weight is 890 g/mol. The zero-order valence-electron chi connectivity index (χ0n) is 43.6. The van der Waals surface area contributed by atoms with Crippen LogP contribution < -0.4 is 11.5 Å². The van der Waals surface area contributed by atoms with Crippen LogP contribution in [-0.4, -0.2) is 27.2 Å². The van der Waals surface area contributed by atoms with Crippen LogP contribution in [0.3, 0.4) is 0 Å². The fourth-order valence-electron chi connectivity index (χ4n) is 11.5. The van der Waals surface area contributed by atoms with Crippen molar-refractivity contribution in [2.45, 2.75) is 196 Å². The molecule has 5 aromatic rings. The first-order valence-corrected chi connectivity index (χ1v) is 29.0. The number of hydrogen-bond acceptors (Lipinski definition) is 2. The maximum atomic E-state index is 7.20. The number of allylic oxidation sites excluding steroid dienone is 2. The highest BCUT2D eigenvalue weighted by Crippen LogP contribution is 2.44.